The number of hydrogen-bond acceptors (Lipinski definition) is 3. The summed E-state index contributed by atoms with van der Waals surface area (Å²) in [5.41, 5.74) is 1.83. The first-order valence-corrected chi connectivity index (χ1v) is 4.59. The average molecular weight is 184 g/mol. The van der Waals surface area contributed by atoms with Crippen molar-refractivity contribution < 1.29 is 4.74 Å². The van der Waals surface area contributed by atoms with Crippen LogP contribution < -0.4 is 0 Å². The maximum Gasteiger partial charge on any atom is 0.156 e. The number of rotatable bonds is 2. The highest BCUT2D eigenvalue weighted by Gasteiger charge is 2.47. The Bertz CT molecular complexity index is 462. The molecule has 1 atom stereocenters. The number of nitriles is 1. The van der Waals surface area contributed by atoms with Crippen molar-refractivity contribution in [3.05, 3.63) is 35.3 Å². The molecule has 0 aliphatic carbocycles. The molecule has 14 heavy (non-hydrogen) atoms. The molecular formula is C11H8N2O. The summed E-state index contributed by atoms with van der Waals surface area (Å²) < 4.78 is 5.79. The van der Waals surface area contributed by atoms with E-state index in [9.17, 15) is 0 Å². The second-order valence-electron chi connectivity index (χ2n) is 3.58. The molecule has 0 saturated carbocycles. The SMILES string of the molecule is N#CCCC12C=CC(=C3C=NC=C31)O2. The summed E-state index contributed by atoms with van der Waals surface area (Å²) in [5.74, 6) is 0.899. The van der Waals surface area contributed by atoms with Crippen LogP contribution in [-0.4, -0.2) is 11.8 Å². The molecule has 0 aromatic heterocycles. The Morgan fingerprint density at radius 2 is 2.50 bits per heavy atom. The van der Waals surface area contributed by atoms with Gasteiger partial charge in [0.1, 0.15) is 5.76 Å². The van der Waals surface area contributed by atoms with Gasteiger partial charge in [0.15, 0.2) is 5.60 Å². The van der Waals surface area contributed by atoms with E-state index in [1.165, 1.54) is 0 Å². The smallest absolute Gasteiger partial charge is 0.156 e. The zero-order valence-corrected chi connectivity index (χ0v) is 7.53. The fourth-order valence-electron chi connectivity index (χ4n) is 2.13. The van der Waals surface area contributed by atoms with Crippen molar-refractivity contribution in [2.75, 3.05) is 0 Å². The second kappa shape index (κ2) is 2.36. The van der Waals surface area contributed by atoms with Crippen LogP contribution in [0, 0.1) is 11.3 Å². The van der Waals surface area contributed by atoms with Gasteiger partial charge < -0.3 is 4.74 Å². The minimum Gasteiger partial charge on any atom is -0.478 e. The first kappa shape index (κ1) is 7.57. The fraction of sp³-hybridized carbons (Fsp3) is 0.273. The van der Waals surface area contributed by atoms with Crippen LogP contribution >= 0.6 is 0 Å². The number of hydrogen-bond donors (Lipinski definition) is 0. The first-order valence-electron chi connectivity index (χ1n) is 4.59. The molecular weight excluding hydrogens is 176 g/mol. The number of allylic oxidation sites excluding steroid dienone is 1. The molecule has 3 rings (SSSR count). The molecule has 0 radical (unpaired) electrons. The molecule has 0 spiro atoms. The monoisotopic (exact) mass is 184 g/mol. The Kier molecular flexibility index (Phi) is 1.27. The first-order chi connectivity index (χ1) is 6.86. The Balaban J connectivity index is 2.00. The van der Waals surface area contributed by atoms with E-state index in [0.717, 1.165) is 16.9 Å². The van der Waals surface area contributed by atoms with Crippen LogP contribution in [0.4, 0.5) is 0 Å². The van der Waals surface area contributed by atoms with Crippen LogP contribution in [-0.2, 0) is 4.74 Å². The summed E-state index contributed by atoms with van der Waals surface area (Å²) in [6, 6.07) is 2.15. The highest BCUT2D eigenvalue weighted by Crippen LogP contribution is 2.48. The zero-order valence-electron chi connectivity index (χ0n) is 7.53. The zero-order chi connectivity index (χ0) is 9.60. The van der Waals surface area contributed by atoms with Crippen molar-refractivity contribution in [1.82, 2.24) is 0 Å². The fourth-order valence-corrected chi connectivity index (χ4v) is 2.13. The molecule has 3 nitrogen and oxygen atoms in total. The number of aliphatic imine (C=N–C) groups is 1. The molecule has 0 fully saturated rings. The molecule has 68 valence electrons. The normalized spacial score (nSPS) is 30.4. The predicted octanol–water partition coefficient (Wildman–Crippen LogP) is 1.85. The average Bonchev–Trinajstić information content (AvgIpc) is 2.86. The Labute approximate surface area is 81.7 Å². The van der Waals surface area contributed by atoms with Crippen molar-refractivity contribution in [2.45, 2.75) is 18.4 Å². The minimum atomic E-state index is -0.378. The van der Waals surface area contributed by atoms with E-state index in [1.54, 1.807) is 0 Å². The van der Waals surface area contributed by atoms with E-state index in [4.69, 9.17) is 10.00 Å². The van der Waals surface area contributed by atoms with Crippen molar-refractivity contribution >= 4 is 6.21 Å². The van der Waals surface area contributed by atoms with E-state index < -0.39 is 0 Å². The maximum atomic E-state index is 8.60. The van der Waals surface area contributed by atoms with Gasteiger partial charge in [-0.25, -0.2) is 0 Å². The third-order valence-corrected chi connectivity index (χ3v) is 2.82. The Morgan fingerprint density at radius 3 is 3.36 bits per heavy atom. The molecule has 3 heteroatoms. The lowest BCUT2D eigenvalue weighted by Crippen LogP contribution is -2.25. The van der Waals surface area contributed by atoms with Gasteiger partial charge in [0.2, 0.25) is 0 Å². The van der Waals surface area contributed by atoms with Crippen molar-refractivity contribution in [3.63, 3.8) is 0 Å². The standard InChI is InChI=1S/C11H8N2O/c12-5-1-3-11-4-2-10(14-11)8-6-13-7-9(8)11/h2,4,6-7H,1,3H2. The van der Waals surface area contributed by atoms with Crippen LogP contribution in [0.5, 0.6) is 0 Å². The highest BCUT2D eigenvalue weighted by atomic mass is 16.5. The van der Waals surface area contributed by atoms with Gasteiger partial charge in [-0.3, -0.25) is 4.99 Å². The number of fused-ring (bicyclic) bond motifs is 4. The van der Waals surface area contributed by atoms with Gasteiger partial charge in [-0.2, -0.15) is 5.26 Å². The molecule has 0 saturated heterocycles. The summed E-state index contributed by atoms with van der Waals surface area (Å²) in [6.45, 7) is 0. The van der Waals surface area contributed by atoms with Crippen LogP contribution in [0.1, 0.15) is 12.8 Å². The topological polar surface area (TPSA) is 45.4 Å². The summed E-state index contributed by atoms with van der Waals surface area (Å²) in [5, 5.41) is 8.60. The van der Waals surface area contributed by atoms with Crippen LogP contribution in [0.15, 0.2) is 40.2 Å². The van der Waals surface area contributed by atoms with Crippen molar-refractivity contribution in [2.24, 2.45) is 4.99 Å². The van der Waals surface area contributed by atoms with Crippen molar-refractivity contribution in [3.8, 4) is 6.07 Å². The number of nitrogens with zero attached hydrogens (tertiary/aromatic N) is 2. The van der Waals surface area contributed by atoms with E-state index in [2.05, 4.69) is 11.1 Å². The Morgan fingerprint density at radius 1 is 1.57 bits per heavy atom. The second-order valence-corrected chi connectivity index (χ2v) is 3.58. The van der Waals surface area contributed by atoms with E-state index >= 15 is 0 Å². The number of ether oxygens (including phenoxy) is 1. The molecule has 3 aliphatic heterocycles. The van der Waals surface area contributed by atoms with Gasteiger partial charge in [-0.05, 0) is 12.2 Å². The van der Waals surface area contributed by atoms with Crippen molar-refractivity contribution in [1.29, 1.82) is 5.26 Å². The molecule has 1 unspecified atom stereocenters. The lowest BCUT2D eigenvalue weighted by Gasteiger charge is -2.23. The molecule has 3 aliphatic rings. The third kappa shape index (κ3) is 0.734. The summed E-state index contributed by atoms with van der Waals surface area (Å²) >= 11 is 0. The quantitative estimate of drug-likeness (QED) is 0.657. The predicted molar refractivity (Wildman–Crippen MR) is 51.4 cm³/mol. The maximum absolute atomic E-state index is 8.60. The van der Waals surface area contributed by atoms with Gasteiger partial charge in [0.25, 0.3) is 0 Å². The van der Waals surface area contributed by atoms with Crippen LogP contribution in [0.3, 0.4) is 0 Å². The minimum absolute atomic E-state index is 0.378. The van der Waals surface area contributed by atoms with Gasteiger partial charge in [0, 0.05) is 36.4 Å². The lowest BCUT2D eigenvalue weighted by atomic mass is 9.85. The molecule has 2 bridgehead atoms. The van der Waals surface area contributed by atoms with Gasteiger partial charge in [0.05, 0.1) is 6.07 Å². The highest BCUT2D eigenvalue weighted by molar-refractivity contribution is 5.93. The largest absolute Gasteiger partial charge is 0.478 e. The molecule has 3 heterocycles. The molecule has 0 N–H and O–H groups in total. The summed E-state index contributed by atoms with van der Waals surface area (Å²) in [7, 11) is 0. The summed E-state index contributed by atoms with van der Waals surface area (Å²) in [6.07, 6.45) is 8.88. The van der Waals surface area contributed by atoms with Crippen LogP contribution in [0.2, 0.25) is 0 Å². The molecule has 0 aromatic rings. The summed E-state index contributed by atoms with van der Waals surface area (Å²) in [4.78, 5) is 4.11. The van der Waals surface area contributed by atoms with Gasteiger partial charge in [-0.15, -0.1) is 0 Å². The molecule has 0 aromatic carbocycles. The molecule has 0 amide bonds. The third-order valence-electron chi connectivity index (χ3n) is 2.82. The van der Waals surface area contributed by atoms with E-state index in [-0.39, 0.29) is 5.60 Å². The van der Waals surface area contributed by atoms with E-state index in [1.807, 2.05) is 24.6 Å². The van der Waals surface area contributed by atoms with Gasteiger partial charge >= 0.3 is 0 Å². The van der Waals surface area contributed by atoms with Gasteiger partial charge in [-0.1, -0.05) is 0 Å². The van der Waals surface area contributed by atoms with E-state index in [0.29, 0.717) is 12.8 Å². The lowest BCUT2D eigenvalue weighted by molar-refractivity contribution is 0.114. The van der Waals surface area contributed by atoms with Crippen LogP contribution in [0.25, 0.3) is 0 Å². The Hall–Kier alpha value is -1.82.